The van der Waals surface area contributed by atoms with Gasteiger partial charge in [0, 0.05) is 19.3 Å². The summed E-state index contributed by atoms with van der Waals surface area (Å²) in [5.41, 5.74) is 1.41. The lowest BCUT2D eigenvalue weighted by Crippen LogP contribution is -2.10. The van der Waals surface area contributed by atoms with Crippen LogP contribution in [0.5, 0.6) is 0 Å². The summed E-state index contributed by atoms with van der Waals surface area (Å²) in [6.45, 7) is 5.71. The van der Waals surface area contributed by atoms with Gasteiger partial charge in [-0.05, 0) is 70.8 Å². The van der Waals surface area contributed by atoms with E-state index in [9.17, 15) is 9.59 Å². The Morgan fingerprint density at radius 1 is 1.13 bits per heavy atom. The molecule has 2 N–H and O–H groups in total. The van der Waals surface area contributed by atoms with Crippen LogP contribution in [0.1, 0.15) is 77.7 Å². The summed E-state index contributed by atoms with van der Waals surface area (Å²) in [6.07, 6.45) is 17.0. The van der Waals surface area contributed by atoms with Crippen LogP contribution in [-0.4, -0.2) is 23.3 Å². The minimum absolute atomic E-state index is 0. The van der Waals surface area contributed by atoms with E-state index in [-0.39, 0.29) is 17.5 Å². The number of hydrogen-bond donors (Lipinski definition) is 0. The van der Waals surface area contributed by atoms with E-state index in [4.69, 9.17) is 4.74 Å². The molecule has 0 radical (unpaired) electrons. The first-order valence-corrected chi connectivity index (χ1v) is 11.0. The molecular weight excluding hydrogens is 376 g/mol. The van der Waals surface area contributed by atoms with E-state index in [1.54, 1.807) is 0 Å². The SMILES string of the molecule is C/C=C\CCCC(=O)OC(C)C.O.O=C1CC[C@H](/C=C/CCCc2ccccc2)C1. The highest BCUT2D eigenvalue weighted by atomic mass is 16.5. The number of allylic oxidation sites excluding steroid dienone is 4. The van der Waals surface area contributed by atoms with Gasteiger partial charge < -0.3 is 10.2 Å². The number of benzene rings is 1. The molecule has 1 atom stereocenters. The summed E-state index contributed by atoms with van der Waals surface area (Å²) in [4.78, 5) is 22.1. The summed E-state index contributed by atoms with van der Waals surface area (Å²) < 4.78 is 4.97. The van der Waals surface area contributed by atoms with E-state index >= 15 is 0 Å². The van der Waals surface area contributed by atoms with Crippen molar-refractivity contribution in [2.75, 3.05) is 0 Å². The van der Waals surface area contributed by atoms with Gasteiger partial charge in [0.05, 0.1) is 6.10 Å². The second-order valence-corrected chi connectivity index (χ2v) is 7.85. The van der Waals surface area contributed by atoms with Crippen LogP contribution in [0.4, 0.5) is 0 Å². The van der Waals surface area contributed by atoms with Crippen LogP contribution >= 0.6 is 0 Å². The standard InChI is InChI=1S/C16H20O.C10H18O2.H2O/c17-16-12-11-15(13-16)10-6-2-5-9-14-7-3-1-4-8-14;1-4-5-6-7-8-10(11)12-9(2)3;/h1,3-4,6-8,10,15H,2,5,9,11-13H2;4-5,9H,6-8H2,1-3H3;1H2/b10-6+;5-4-;/t15-;;/m0../s1. The summed E-state index contributed by atoms with van der Waals surface area (Å²) in [5, 5.41) is 0. The molecule has 30 heavy (non-hydrogen) atoms. The van der Waals surface area contributed by atoms with Gasteiger partial charge in [-0.15, -0.1) is 0 Å². The Bertz CT molecular complexity index is 632. The van der Waals surface area contributed by atoms with E-state index in [1.165, 1.54) is 12.0 Å². The average Bonchev–Trinajstić information content (AvgIpc) is 3.11. The topological polar surface area (TPSA) is 74.9 Å². The molecule has 2 rings (SSSR count). The predicted octanol–water partition coefficient (Wildman–Crippen LogP) is 5.79. The van der Waals surface area contributed by atoms with Crippen LogP contribution in [0.2, 0.25) is 0 Å². The van der Waals surface area contributed by atoms with E-state index < -0.39 is 0 Å². The average molecular weight is 417 g/mol. The van der Waals surface area contributed by atoms with Crippen LogP contribution in [0.15, 0.2) is 54.6 Å². The first-order chi connectivity index (χ1) is 14.0. The molecule has 0 amide bonds. The third-order valence-corrected chi connectivity index (χ3v) is 4.73. The van der Waals surface area contributed by atoms with Gasteiger partial charge in [-0.2, -0.15) is 0 Å². The molecule has 1 aromatic carbocycles. The maximum absolute atomic E-state index is 11.1. The van der Waals surface area contributed by atoms with Crippen LogP contribution in [0.25, 0.3) is 0 Å². The molecule has 0 unspecified atom stereocenters. The molecule has 1 aliphatic carbocycles. The van der Waals surface area contributed by atoms with Crippen molar-refractivity contribution >= 4 is 11.8 Å². The fraction of sp³-hybridized carbons (Fsp3) is 0.538. The van der Waals surface area contributed by atoms with Crippen LogP contribution in [-0.2, 0) is 20.7 Å². The third kappa shape index (κ3) is 14.7. The Kier molecular flexibility index (Phi) is 16.3. The van der Waals surface area contributed by atoms with Crippen molar-refractivity contribution < 1.29 is 19.8 Å². The molecule has 168 valence electrons. The number of hydrogen-bond acceptors (Lipinski definition) is 3. The molecule has 4 heteroatoms. The summed E-state index contributed by atoms with van der Waals surface area (Å²) in [7, 11) is 0. The molecule has 0 saturated heterocycles. The highest BCUT2D eigenvalue weighted by Gasteiger charge is 2.18. The minimum Gasteiger partial charge on any atom is -0.463 e. The number of carbonyl (C=O) groups excluding carboxylic acids is 2. The zero-order valence-electron chi connectivity index (χ0n) is 18.9. The van der Waals surface area contributed by atoms with Crippen molar-refractivity contribution in [2.24, 2.45) is 5.92 Å². The number of ether oxygens (including phenoxy) is 1. The van der Waals surface area contributed by atoms with Gasteiger partial charge in [0.1, 0.15) is 5.78 Å². The van der Waals surface area contributed by atoms with Crippen LogP contribution < -0.4 is 0 Å². The van der Waals surface area contributed by atoms with Gasteiger partial charge in [-0.25, -0.2) is 0 Å². The Hall–Kier alpha value is -2.20. The third-order valence-electron chi connectivity index (χ3n) is 4.73. The van der Waals surface area contributed by atoms with Crippen molar-refractivity contribution in [3.8, 4) is 0 Å². The highest BCUT2D eigenvalue weighted by molar-refractivity contribution is 5.80. The molecule has 0 aromatic heterocycles. The molecular formula is C26H40O4. The normalized spacial score (nSPS) is 15.9. The van der Waals surface area contributed by atoms with Gasteiger partial charge >= 0.3 is 5.97 Å². The second-order valence-electron chi connectivity index (χ2n) is 7.85. The number of rotatable bonds is 10. The van der Waals surface area contributed by atoms with Crippen LogP contribution in [0.3, 0.4) is 0 Å². The van der Waals surface area contributed by atoms with E-state index in [1.807, 2.05) is 26.8 Å². The molecule has 1 aromatic rings. The first-order valence-electron chi connectivity index (χ1n) is 11.0. The smallest absolute Gasteiger partial charge is 0.306 e. The lowest BCUT2D eigenvalue weighted by molar-refractivity contribution is -0.147. The van der Waals surface area contributed by atoms with Crippen LogP contribution in [0, 0.1) is 5.92 Å². The molecule has 0 aliphatic heterocycles. The Morgan fingerprint density at radius 2 is 1.83 bits per heavy atom. The maximum Gasteiger partial charge on any atom is 0.306 e. The molecule has 1 fully saturated rings. The van der Waals surface area contributed by atoms with Crippen molar-refractivity contribution in [3.05, 3.63) is 60.2 Å². The van der Waals surface area contributed by atoms with Gasteiger partial charge in [-0.3, -0.25) is 9.59 Å². The van der Waals surface area contributed by atoms with Gasteiger partial charge in [0.25, 0.3) is 0 Å². The molecule has 0 bridgehead atoms. The van der Waals surface area contributed by atoms with E-state index in [0.29, 0.717) is 18.1 Å². The van der Waals surface area contributed by atoms with Crippen molar-refractivity contribution in [3.63, 3.8) is 0 Å². The molecule has 1 aliphatic rings. The van der Waals surface area contributed by atoms with Crippen molar-refractivity contribution in [1.82, 2.24) is 0 Å². The van der Waals surface area contributed by atoms with Gasteiger partial charge in [-0.1, -0.05) is 54.6 Å². The second kappa shape index (κ2) is 17.6. The Balaban J connectivity index is 0.000000579. The number of aryl methyl sites for hydroxylation is 1. The highest BCUT2D eigenvalue weighted by Crippen LogP contribution is 2.23. The minimum atomic E-state index is -0.0884. The lowest BCUT2D eigenvalue weighted by Gasteiger charge is -2.06. The summed E-state index contributed by atoms with van der Waals surface area (Å²) in [6, 6.07) is 10.6. The van der Waals surface area contributed by atoms with Crippen molar-refractivity contribution in [1.29, 1.82) is 0 Å². The monoisotopic (exact) mass is 416 g/mol. The molecule has 4 nitrogen and oxygen atoms in total. The number of Topliss-reactive ketones (excluding diaryl/α,β-unsaturated/α-hetero) is 1. The van der Waals surface area contributed by atoms with Crippen molar-refractivity contribution in [2.45, 2.75) is 84.7 Å². The number of carbonyl (C=O) groups is 2. The number of unbranched alkanes of at least 4 members (excludes halogenated alkanes) is 2. The summed E-state index contributed by atoms with van der Waals surface area (Å²) in [5.74, 6) is 0.873. The molecule has 0 heterocycles. The maximum atomic E-state index is 11.1. The largest absolute Gasteiger partial charge is 0.463 e. The predicted molar refractivity (Wildman–Crippen MR) is 124 cm³/mol. The van der Waals surface area contributed by atoms with E-state index in [0.717, 1.165) is 44.9 Å². The van der Waals surface area contributed by atoms with Gasteiger partial charge in [0.2, 0.25) is 0 Å². The lowest BCUT2D eigenvalue weighted by atomic mass is 10.1. The molecule has 1 saturated carbocycles. The quantitative estimate of drug-likeness (QED) is 0.275. The Labute approximate surface area is 182 Å². The first kappa shape index (κ1) is 27.8. The zero-order valence-corrected chi connectivity index (χ0v) is 18.9. The fourth-order valence-electron chi connectivity index (χ4n) is 3.22. The number of ketones is 1. The summed E-state index contributed by atoms with van der Waals surface area (Å²) >= 11 is 0. The Morgan fingerprint density at radius 3 is 2.43 bits per heavy atom. The fourth-order valence-corrected chi connectivity index (χ4v) is 3.22. The number of esters is 1. The molecule has 0 spiro atoms. The van der Waals surface area contributed by atoms with Gasteiger partial charge in [0.15, 0.2) is 0 Å². The zero-order chi connectivity index (χ0) is 21.3. The van der Waals surface area contributed by atoms with E-state index in [2.05, 4.69) is 48.6 Å².